The topological polar surface area (TPSA) is 32.3 Å². The van der Waals surface area contributed by atoms with E-state index in [1.165, 1.54) is 22.4 Å². The minimum atomic E-state index is 0.782. The van der Waals surface area contributed by atoms with Crippen LogP contribution in [-0.2, 0) is 6.42 Å². The van der Waals surface area contributed by atoms with Crippen LogP contribution in [0.1, 0.15) is 22.4 Å². The third-order valence-corrected chi connectivity index (χ3v) is 5.60. The highest BCUT2D eigenvalue weighted by atomic mass is 35.5. The van der Waals surface area contributed by atoms with Crippen molar-refractivity contribution in [1.82, 2.24) is 10.2 Å². The van der Waals surface area contributed by atoms with Gasteiger partial charge in [0.15, 0.2) is 5.82 Å². The summed E-state index contributed by atoms with van der Waals surface area (Å²) in [4.78, 5) is 4.70. The number of aromatic nitrogens is 2. The van der Waals surface area contributed by atoms with Crippen molar-refractivity contribution >= 4 is 23.1 Å². The first kappa shape index (κ1) is 18.8. The third kappa shape index (κ3) is 4.28. The number of halogens is 1. The maximum absolute atomic E-state index is 6.14. The van der Waals surface area contributed by atoms with Crippen molar-refractivity contribution in [2.24, 2.45) is 0 Å². The fourth-order valence-electron chi connectivity index (χ4n) is 3.61. The van der Waals surface area contributed by atoms with Gasteiger partial charge in [-0.05, 0) is 55.7 Å². The van der Waals surface area contributed by atoms with Gasteiger partial charge in [0, 0.05) is 36.9 Å². The molecular weight excluding hydrogens is 368 g/mol. The summed E-state index contributed by atoms with van der Waals surface area (Å²) in [5.41, 5.74) is 6.01. The summed E-state index contributed by atoms with van der Waals surface area (Å²) in [7, 11) is 0. The highest BCUT2D eigenvalue weighted by Crippen LogP contribution is 2.23. The van der Waals surface area contributed by atoms with Crippen molar-refractivity contribution in [3.63, 3.8) is 0 Å². The van der Waals surface area contributed by atoms with E-state index in [2.05, 4.69) is 63.3 Å². The molecule has 0 amide bonds. The predicted molar refractivity (Wildman–Crippen MR) is 117 cm³/mol. The number of rotatable bonds is 4. The lowest BCUT2D eigenvalue weighted by molar-refractivity contribution is 0.642. The molecule has 0 aliphatic carbocycles. The Bertz CT molecular complexity index is 947. The molecule has 0 bridgehead atoms. The summed E-state index contributed by atoms with van der Waals surface area (Å²) >= 11 is 6.14. The predicted octanol–water partition coefficient (Wildman–Crippen LogP) is 4.66. The van der Waals surface area contributed by atoms with Crippen LogP contribution >= 0.6 is 11.6 Å². The van der Waals surface area contributed by atoms with Gasteiger partial charge < -0.3 is 9.80 Å². The quantitative estimate of drug-likeness (QED) is 0.646. The van der Waals surface area contributed by atoms with Crippen molar-refractivity contribution in [2.75, 3.05) is 36.0 Å². The molecule has 0 saturated carbocycles. The van der Waals surface area contributed by atoms with Gasteiger partial charge in [0.25, 0.3) is 0 Å². The molecule has 0 atom stereocenters. The maximum atomic E-state index is 6.14. The molecule has 1 saturated heterocycles. The summed E-state index contributed by atoms with van der Waals surface area (Å²) in [6, 6.07) is 19.0. The Morgan fingerprint density at radius 1 is 0.857 bits per heavy atom. The van der Waals surface area contributed by atoms with Crippen molar-refractivity contribution in [3.05, 3.63) is 82.0 Å². The number of anilines is 2. The van der Waals surface area contributed by atoms with E-state index in [9.17, 15) is 0 Å². The maximum Gasteiger partial charge on any atom is 0.151 e. The monoisotopic (exact) mass is 392 g/mol. The minimum Gasteiger partial charge on any atom is -0.368 e. The van der Waals surface area contributed by atoms with Crippen LogP contribution in [0, 0.1) is 13.8 Å². The number of aryl methyl sites for hydroxylation is 2. The number of piperazine rings is 1. The average molecular weight is 393 g/mol. The average Bonchev–Trinajstić information content (AvgIpc) is 2.71. The van der Waals surface area contributed by atoms with E-state index in [0.29, 0.717) is 0 Å². The van der Waals surface area contributed by atoms with Crippen molar-refractivity contribution in [1.29, 1.82) is 0 Å². The van der Waals surface area contributed by atoms with Gasteiger partial charge in [-0.2, -0.15) is 5.10 Å². The van der Waals surface area contributed by atoms with Gasteiger partial charge in [-0.1, -0.05) is 47.5 Å². The molecule has 4 nitrogen and oxygen atoms in total. The minimum absolute atomic E-state index is 0.782. The molecule has 3 aromatic rings. The van der Waals surface area contributed by atoms with Crippen LogP contribution in [0.15, 0.2) is 54.6 Å². The fraction of sp³-hybridized carbons (Fsp3) is 0.304. The van der Waals surface area contributed by atoms with Crippen molar-refractivity contribution in [3.8, 4) is 0 Å². The zero-order valence-corrected chi connectivity index (χ0v) is 17.2. The van der Waals surface area contributed by atoms with E-state index < -0.39 is 0 Å². The van der Waals surface area contributed by atoms with Crippen molar-refractivity contribution < 1.29 is 0 Å². The van der Waals surface area contributed by atoms with Crippen LogP contribution in [0.4, 0.5) is 11.5 Å². The number of hydrogen-bond acceptors (Lipinski definition) is 4. The van der Waals surface area contributed by atoms with Crippen LogP contribution in [0.3, 0.4) is 0 Å². The summed E-state index contributed by atoms with van der Waals surface area (Å²) in [6.45, 7) is 7.90. The van der Waals surface area contributed by atoms with Crippen LogP contribution < -0.4 is 9.80 Å². The van der Waals surface area contributed by atoms with Gasteiger partial charge in [-0.3, -0.25) is 0 Å². The lowest BCUT2D eigenvalue weighted by Crippen LogP contribution is -2.47. The second-order valence-corrected chi connectivity index (χ2v) is 7.87. The Morgan fingerprint density at radius 2 is 1.57 bits per heavy atom. The summed E-state index contributed by atoms with van der Waals surface area (Å²) in [5.74, 6) is 0.971. The number of hydrogen-bond donors (Lipinski definition) is 0. The molecule has 28 heavy (non-hydrogen) atoms. The second kappa shape index (κ2) is 8.19. The Hall–Kier alpha value is -2.59. The Labute approximate surface area is 171 Å². The zero-order chi connectivity index (χ0) is 19.5. The summed E-state index contributed by atoms with van der Waals surface area (Å²) in [6.07, 6.45) is 0.886. The van der Waals surface area contributed by atoms with Crippen LogP contribution in [-0.4, -0.2) is 36.4 Å². The van der Waals surface area contributed by atoms with Crippen LogP contribution in [0.5, 0.6) is 0 Å². The van der Waals surface area contributed by atoms with Crippen LogP contribution in [0.2, 0.25) is 5.02 Å². The van der Waals surface area contributed by atoms with E-state index in [4.69, 9.17) is 11.6 Å². The highest BCUT2D eigenvalue weighted by Gasteiger charge is 2.19. The van der Waals surface area contributed by atoms with E-state index in [-0.39, 0.29) is 0 Å². The number of nitrogens with zero attached hydrogens (tertiary/aromatic N) is 4. The smallest absolute Gasteiger partial charge is 0.151 e. The highest BCUT2D eigenvalue weighted by molar-refractivity contribution is 6.30. The lowest BCUT2D eigenvalue weighted by Gasteiger charge is -2.36. The van der Waals surface area contributed by atoms with Gasteiger partial charge in [-0.15, -0.1) is 5.10 Å². The van der Waals surface area contributed by atoms with E-state index in [0.717, 1.165) is 49.1 Å². The van der Waals surface area contributed by atoms with E-state index in [1.807, 2.05) is 25.1 Å². The molecule has 1 aliphatic rings. The molecule has 0 radical (unpaired) electrons. The first-order valence-electron chi connectivity index (χ1n) is 9.73. The molecular formula is C23H25ClN4. The first-order chi connectivity index (χ1) is 13.6. The zero-order valence-electron chi connectivity index (χ0n) is 16.4. The van der Waals surface area contributed by atoms with Gasteiger partial charge in [0.05, 0.1) is 5.69 Å². The summed E-state index contributed by atoms with van der Waals surface area (Å²) in [5, 5.41) is 9.68. The molecule has 0 spiro atoms. The molecule has 1 aromatic heterocycles. The van der Waals surface area contributed by atoms with Gasteiger partial charge >= 0.3 is 0 Å². The van der Waals surface area contributed by atoms with E-state index >= 15 is 0 Å². The largest absolute Gasteiger partial charge is 0.368 e. The summed E-state index contributed by atoms with van der Waals surface area (Å²) < 4.78 is 0. The molecule has 5 heteroatoms. The molecule has 1 aliphatic heterocycles. The van der Waals surface area contributed by atoms with Gasteiger partial charge in [-0.25, -0.2) is 0 Å². The Balaban J connectivity index is 1.46. The molecule has 0 unspecified atom stereocenters. The number of benzene rings is 2. The van der Waals surface area contributed by atoms with Crippen molar-refractivity contribution in [2.45, 2.75) is 20.3 Å². The molecule has 1 fully saturated rings. The van der Waals surface area contributed by atoms with Crippen LogP contribution in [0.25, 0.3) is 0 Å². The molecule has 2 aromatic carbocycles. The molecule has 4 rings (SSSR count). The SMILES string of the molecule is Cc1ccc(Cc2cc(N3CCN(c4cccc(Cl)c4)CC3)nnc2C)cc1. The van der Waals surface area contributed by atoms with Gasteiger partial charge in [0.2, 0.25) is 0 Å². The second-order valence-electron chi connectivity index (χ2n) is 7.43. The molecule has 144 valence electrons. The van der Waals surface area contributed by atoms with Gasteiger partial charge in [0.1, 0.15) is 0 Å². The Morgan fingerprint density at radius 3 is 2.29 bits per heavy atom. The lowest BCUT2D eigenvalue weighted by atomic mass is 10.0. The molecule has 0 N–H and O–H groups in total. The molecule has 2 heterocycles. The normalized spacial score (nSPS) is 14.4. The Kier molecular flexibility index (Phi) is 5.49. The fourth-order valence-corrected chi connectivity index (χ4v) is 3.79. The standard InChI is InChI=1S/C23H25ClN4/c1-17-6-8-19(9-7-17)14-20-15-23(26-25-18(20)2)28-12-10-27(11-13-28)22-5-3-4-21(24)16-22/h3-9,15-16H,10-14H2,1-2H3. The third-order valence-electron chi connectivity index (χ3n) is 5.36. The first-order valence-corrected chi connectivity index (χ1v) is 10.1. The van der Waals surface area contributed by atoms with E-state index in [1.54, 1.807) is 0 Å².